The summed E-state index contributed by atoms with van der Waals surface area (Å²) in [5, 5.41) is 3.66. The van der Waals surface area contributed by atoms with Gasteiger partial charge in [0.05, 0.1) is 7.11 Å². The van der Waals surface area contributed by atoms with Crippen LogP contribution in [-0.4, -0.2) is 45.5 Å². The summed E-state index contributed by atoms with van der Waals surface area (Å²) < 4.78 is 31.8. The van der Waals surface area contributed by atoms with Crippen molar-refractivity contribution in [3.05, 3.63) is 23.2 Å². The van der Waals surface area contributed by atoms with Crippen LogP contribution in [0.25, 0.3) is 0 Å². The Hall–Kier alpha value is -0.820. The van der Waals surface area contributed by atoms with Crippen molar-refractivity contribution in [3.63, 3.8) is 0 Å². The molecule has 106 valence electrons. The number of nitrogens with one attached hydrogen (secondary N) is 1. The molecule has 0 bridgehead atoms. The Bertz CT molecular complexity index is 562. The summed E-state index contributed by atoms with van der Waals surface area (Å²) in [4.78, 5) is 0.161. The van der Waals surface area contributed by atoms with Crippen molar-refractivity contribution in [1.29, 1.82) is 0 Å². The molecule has 1 saturated heterocycles. The van der Waals surface area contributed by atoms with E-state index in [0.29, 0.717) is 24.7 Å². The average Bonchev–Trinajstić information content (AvgIpc) is 2.38. The van der Waals surface area contributed by atoms with Crippen LogP contribution >= 0.6 is 11.6 Å². The maximum absolute atomic E-state index is 12.6. The lowest BCUT2D eigenvalue weighted by atomic mass is 10.3. The number of rotatable bonds is 3. The van der Waals surface area contributed by atoms with E-state index in [-0.39, 0.29) is 16.7 Å². The highest BCUT2D eigenvalue weighted by Gasteiger charge is 2.30. The van der Waals surface area contributed by atoms with Crippen LogP contribution < -0.4 is 10.1 Å². The van der Waals surface area contributed by atoms with Gasteiger partial charge >= 0.3 is 0 Å². The Morgan fingerprint density at radius 1 is 1.47 bits per heavy atom. The van der Waals surface area contributed by atoms with Gasteiger partial charge in [0.1, 0.15) is 10.6 Å². The minimum absolute atomic E-state index is 0.141. The third-order valence-electron chi connectivity index (χ3n) is 3.07. The van der Waals surface area contributed by atoms with Gasteiger partial charge in [-0.25, -0.2) is 8.42 Å². The van der Waals surface area contributed by atoms with E-state index in [0.717, 1.165) is 0 Å². The largest absolute Gasteiger partial charge is 0.495 e. The molecule has 1 N–H and O–H groups in total. The maximum Gasteiger partial charge on any atom is 0.246 e. The first kappa shape index (κ1) is 14.6. The van der Waals surface area contributed by atoms with Gasteiger partial charge in [-0.1, -0.05) is 11.6 Å². The Morgan fingerprint density at radius 2 is 2.21 bits per heavy atom. The molecule has 1 aromatic rings. The van der Waals surface area contributed by atoms with E-state index in [9.17, 15) is 8.42 Å². The van der Waals surface area contributed by atoms with Crippen LogP contribution in [0.2, 0.25) is 5.02 Å². The summed E-state index contributed by atoms with van der Waals surface area (Å²) in [6.45, 7) is 3.52. The topological polar surface area (TPSA) is 58.6 Å². The fourth-order valence-corrected chi connectivity index (χ4v) is 3.94. The number of halogens is 1. The number of ether oxygens (including phenoxy) is 1. The van der Waals surface area contributed by atoms with E-state index in [2.05, 4.69) is 5.32 Å². The Kier molecular flexibility index (Phi) is 4.35. The van der Waals surface area contributed by atoms with Gasteiger partial charge in [0, 0.05) is 36.8 Å². The quantitative estimate of drug-likeness (QED) is 0.915. The summed E-state index contributed by atoms with van der Waals surface area (Å²) in [6.07, 6.45) is 0. The lowest BCUT2D eigenvalue weighted by Gasteiger charge is -2.31. The maximum atomic E-state index is 12.6. The predicted molar refractivity (Wildman–Crippen MR) is 74.2 cm³/mol. The van der Waals surface area contributed by atoms with Gasteiger partial charge < -0.3 is 10.1 Å². The van der Waals surface area contributed by atoms with Crippen molar-refractivity contribution in [3.8, 4) is 5.75 Å². The van der Waals surface area contributed by atoms with E-state index in [1.807, 2.05) is 6.92 Å². The van der Waals surface area contributed by atoms with Crippen LogP contribution in [0.1, 0.15) is 6.92 Å². The molecular formula is C12H17ClN2O3S. The smallest absolute Gasteiger partial charge is 0.246 e. The number of benzene rings is 1. The molecule has 1 atom stereocenters. The highest BCUT2D eigenvalue weighted by molar-refractivity contribution is 7.89. The van der Waals surface area contributed by atoms with Crippen LogP contribution in [0.15, 0.2) is 23.1 Å². The van der Waals surface area contributed by atoms with Crippen molar-refractivity contribution < 1.29 is 13.2 Å². The molecule has 0 amide bonds. The molecule has 1 unspecified atom stereocenters. The highest BCUT2D eigenvalue weighted by Crippen LogP contribution is 2.29. The van der Waals surface area contributed by atoms with Gasteiger partial charge in [-0.05, 0) is 19.1 Å². The zero-order valence-electron chi connectivity index (χ0n) is 10.9. The monoisotopic (exact) mass is 304 g/mol. The molecule has 2 rings (SSSR count). The van der Waals surface area contributed by atoms with E-state index in [4.69, 9.17) is 16.3 Å². The standard InChI is InChI=1S/C12H17ClN2O3S/c1-9-8-15(6-5-14-9)19(16,17)12-4-3-10(13)7-11(12)18-2/h3-4,7,9,14H,5-6,8H2,1-2H3. The van der Waals surface area contributed by atoms with Gasteiger partial charge in [-0.15, -0.1) is 0 Å². The SMILES string of the molecule is COc1cc(Cl)ccc1S(=O)(=O)N1CCNC(C)C1. The summed E-state index contributed by atoms with van der Waals surface area (Å²) in [6, 6.07) is 4.70. The third kappa shape index (κ3) is 3.02. The van der Waals surface area contributed by atoms with Gasteiger partial charge in [-0.2, -0.15) is 4.31 Å². The second-order valence-electron chi connectivity index (χ2n) is 4.51. The van der Waals surface area contributed by atoms with E-state index < -0.39 is 10.0 Å². The zero-order valence-corrected chi connectivity index (χ0v) is 12.5. The minimum atomic E-state index is -3.54. The molecule has 1 aliphatic rings. The van der Waals surface area contributed by atoms with E-state index >= 15 is 0 Å². The molecule has 5 nitrogen and oxygen atoms in total. The molecule has 0 saturated carbocycles. The Morgan fingerprint density at radius 3 is 2.84 bits per heavy atom. The van der Waals surface area contributed by atoms with Crippen LogP contribution in [0.5, 0.6) is 5.75 Å². The van der Waals surface area contributed by atoms with E-state index in [1.54, 1.807) is 6.07 Å². The van der Waals surface area contributed by atoms with Crippen LogP contribution in [-0.2, 0) is 10.0 Å². The van der Waals surface area contributed by atoms with Crippen molar-refractivity contribution in [2.45, 2.75) is 17.9 Å². The number of hydrogen-bond donors (Lipinski definition) is 1. The lowest BCUT2D eigenvalue weighted by molar-refractivity contribution is 0.308. The van der Waals surface area contributed by atoms with Gasteiger partial charge in [0.25, 0.3) is 0 Å². The summed E-state index contributed by atoms with van der Waals surface area (Å²) in [5.41, 5.74) is 0. The summed E-state index contributed by atoms with van der Waals surface area (Å²) >= 11 is 5.86. The number of sulfonamides is 1. The fourth-order valence-electron chi connectivity index (χ4n) is 2.11. The first-order chi connectivity index (χ1) is 8.95. The second-order valence-corrected chi connectivity index (χ2v) is 6.86. The van der Waals surface area contributed by atoms with Gasteiger partial charge in [0.2, 0.25) is 10.0 Å². The molecule has 0 aliphatic carbocycles. The molecule has 1 aromatic carbocycles. The molecule has 1 heterocycles. The predicted octanol–water partition coefficient (Wildman–Crippen LogP) is 1.33. The fraction of sp³-hybridized carbons (Fsp3) is 0.500. The summed E-state index contributed by atoms with van der Waals surface area (Å²) in [7, 11) is -2.11. The van der Waals surface area contributed by atoms with Crippen LogP contribution in [0.4, 0.5) is 0 Å². The molecular weight excluding hydrogens is 288 g/mol. The molecule has 1 fully saturated rings. The molecule has 1 aliphatic heterocycles. The van der Waals surface area contributed by atoms with Crippen molar-refractivity contribution >= 4 is 21.6 Å². The molecule has 7 heteroatoms. The molecule has 0 radical (unpaired) electrons. The van der Waals surface area contributed by atoms with Crippen molar-refractivity contribution in [2.24, 2.45) is 0 Å². The lowest BCUT2D eigenvalue weighted by Crippen LogP contribution is -2.51. The molecule has 0 aromatic heterocycles. The van der Waals surface area contributed by atoms with E-state index in [1.165, 1.54) is 23.5 Å². The first-order valence-corrected chi connectivity index (χ1v) is 7.84. The first-order valence-electron chi connectivity index (χ1n) is 6.02. The zero-order chi connectivity index (χ0) is 14.0. The highest BCUT2D eigenvalue weighted by atomic mass is 35.5. The number of hydrogen-bond acceptors (Lipinski definition) is 4. The van der Waals surface area contributed by atoms with Crippen LogP contribution in [0, 0.1) is 0 Å². The average molecular weight is 305 g/mol. The Balaban J connectivity index is 2.39. The van der Waals surface area contributed by atoms with Gasteiger partial charge in [0.15, 0.2) is 0 Å². The van der Waals surface area contributed by atoms with Gasteiger partial charge in [-0.3, -0.25) is 0 Å². The van der Waals surface area contributed by atoms with Crippen molar-refractivity contribution in [2.75, 3.05) is 26.7 Å². The molecule has 0 spiro atoms. The van der Waals surface area contributed by atoms with Crippen LogP contribution in [0.3, 0.4) is 0 Å². The normalized spacial score (nSPS) is 21.3. The number of piperazine rings is 1. The number of methoxy groups -OCH3 is 1. The minimum Gasteiger partial charge on any atom is -0.495 e. The molecule has 19 heavy (non-hydrogen) atoms. The third-order valence-corrected chi connectivity index (χ3v) is 5.21. The van der Waals surface area contributed by atoms with Crippen molar-refractivity contribution in [1.82, 2.24) is 9.62 Å². The Labute approximate surface area is 118 Å². The summed E-state index contributed by atoms with van der Waals surface area (Å²) in [5.74, 6) is 0.277. The number of nitrogens with zero attached hydrogens (tertiary/aromatic N) is 1. The second kappa shape index (κ2) is 5.66.